The van der Waals surface area contributed by atoms with Gasteiger partial charge in [0.1, 0.15) is 5.82 Å². The van der Waals surface area contributed by atoms with E-state index in [0.717, 1.165) is 50.3 Å². The summed E-state index contributed by atoms with van der Waals surface area (Å²) in [6.07, 6.45) is 1.93. The largest absolute Gasteiger partial charge is 0.465 e. The van der Waals surface area contributed by atoms with Crippen LogP contribution in [0.2, 0.25) is 0 Å². The minimum absolute atomic E-state index is 0.0110. The average Bonchev–Trinajstić information content (AvgIpc) is 3.83. The van der Waals surface area contributed by atoms with Crippen molar-refractivity contribution >= 4 is 41.0 Å². The zero-order valence-corrected chi connectivity index (χ0v) is 25.2. The molecule has 12 nitrogen and oxygen atoms in total. The predicted molar refractivity (Wildman–Crippen MR) is 163 cm³/mol. The van der Waals surface area contributed by atoms with Crippen LogP contribution in [0.3, 0.4) is 0 Å². The van der Waals surface area contributed by atoms with Gasteiger partial charge in [-0.05, 0) is 56.5 Å². The molecular formula is C31H41N7O5. The summed E-state index contributed by atoms with van der Waals surface area (Å²) in [6, 6.07) is 8.99. The molecule has 2 aliphatic heterocycles. The Morgan fingerprint density at radius 1 is 0.953 bits per heavy atom. The van der Waals surface area contributed by atoms with Crippen LogP contribution in [0, 0.1) is 5.92 Å². The van der Waals surface area contributed by atoms with Crippen LogP contribution >= 0.6 is 0 Å². The number of anilines is 3. The molecule has 5 rings (SSSR count). The number of nitrogens with zero attached hydrogens (tertiary/aromatic N) is 5. The molecule has 3 aliphatic rings. The van der Waals surface area contributed by atoms with Crippen LogP contribution in [-0.2, 0) is 14.4 Å². The first-order chi connectivity index (χ1) is 20.5. The van der Waals surface area contributed by atoms with E-state index in [1.165, 1.54) is 6.20 Å². The van der Waals surface area contributed by atoms with Crippen molar-refractivity contribution in [3.05, 3.63) is 47.7 Å². The average molecular weight is 592 g/mol. The maximum absolute atomic E-state index is 13.7. The van der Waals surface area contributed by atoms with Gasteiger partial charge in [0, 0.05) is 62.5 Å². The summed E-state index contributed by atoms with van der Waals surface area (Å²) in [5.74, 6) is -1.29. The number of rotatable bonds is 6. The standard InChI is InChI=1S/C31H41N7O5/c1-19(2)29(40)37-18-26(22-7-9-24(10-8-22)36-13-11-35(4)12-14-36)38(17-20(37)3)30(41)28(39)33-23-15-25(21-5-6-21)27(32-16-23)34-31(42)43/h7-10,15-16,19-21,26H,5-6,11-14,17-18H2,1-4H3,(H,32,34)(H,33,39)(H,42,43). The summed E-state index contributed by atoms with van der Waals surface area (Å²) in [5.41, 5.74) is 2.98. The van der Waals surface area contributed by atoms with Gasteiger partial charge in [-0.2, -0.15) is 0 Å². The van der Waals surface area contributed by atoms with Gasteiger partial charge < -0.3 is 30.0 Å². The number of hydrogen-bond donors (Lipinski definition) is 3. The van der Waals surface area contributed by atoms with Crippen molar-refractivity contribution < 1.29 is 24.3 Å². The fourth-order valence-electron chi connectivity index (χ4n) is 5.87. The Balaban J connectivity index is 1.37. The molecule has 2 atom stereocenters. The second-order valence-corrected chi connectivity index (χ2v) is 12.2. The van der Waals surface area contributed by atoms with Gasteiger partial charge in [0.25, 0.3) is 0 Å². The van der Waals surface area contributed by atoms with Crippen LogP contribution in [0.15, 0.2) is 36.5 Å². The molecule has 2 unspecified atom stereocenters. The van der Waals surface area contributed by atoms with E-state index in [4.69, 9.17) is 5.11 Å². The number of carboxylic acid groups (broad SMARTS) is 1. The van der Waals surface area contributed by atoms with Crippen molar-refractivity contribution in [1.29, 1.82) is 0 Å². The highest BCUT2D eigenvalue weighted by Gasteiger charge is 2.40. The van der Waals surface area contributed by atoms with E-state index >= 15 is 0 Å². The van der Waals surface area contributed by atoms with Crippen molar-refractivity contribution in [2.75, 3.05) is 61.8 Å². The maximum atomic E-state index is 13.7. The molecule has 12 heteroatoms. The van der Waals surface area contributed by atoms with Gasteiger partial charge in [0.15, 0.2) is 0 Å². The van der Waals surface area contributed by atoms with Gasteiger partial charge in [-0.3, -0.25) is 19.7 Å². The molecule has 230 valence electrons. The molecule has 4 amide bonds. The lowest BCUT2D eigenvalue weighted by atomic mass is 9.97. The smallest absolute Gasteiger partial charge is 0.410 e. The lowest BCUT2D eigenvalue weighted by molar-refractivity contribution is -0.152. The van der Waals surface area contributed by atoms with E-state index in [1.54, 1.807) is 11.0 Å². The first-order valence-electron chi connectivity index (χ1n) is 15.0. The predicted octanol–water partition coefficient (Wildman–Crippen LogP) is 3.20. The van der Waals surface area contributed by atoms with Gasteiger partial charge in [-0.1, -0.05) is 26.0 Å². The minimum Gasteiger partial charge on any atom is -0.465 e. The molecule has 1 aromatic carbocycles. The number of piperazine rings is 2. The molecule has 2 saturated heterocycles. The van der Waals surface area contributed by atoms with Crippen LogP contribution in [0.4, 0.5) is 22.0 Å². The highest BCUT2D eigenvalue weighted by molar-refractivity contribution is 6.39. The molecule has 1 saturated carbocycles. The molecule has 3 heterocycles. The molecule has 3 fully saturated rings. The number of likely N-dealkylation sites (N-methyl/N-ethyl adjacent to an activating group) is 1. The molecule has 43 heavy (non-hydrogen) atoms. The fraction of sp³-hybridized carbons (Fsp3) is 0.516. The van der Waals surface area contributed by atoms with E-state index in [0.29, 0.717) is 11.3 Å². The molecular weight excluding hydrogens is 550 g/mol. The van der Waals surface area contributed by atoms with Crippen molar-refractivity contribution in [2.45, 2.75) is 51.6 Å². The number of amides is 4. The second-order valence-electron chi connectivity index (χ2n) is 12.2. The van der Waals surface area contributed by atoms with E-state index in [9.17, 15) is 19.2 Å². The Kier molecular flexibility index (Phi) is 8.86. The van der Waals surface area contributed by atoms with Crippen LogP contribution in [0.25, 0.3) is 0 Å². The van der Waals surface area contributed by atoms with Crippen LogP contribution in [0.5, 0.6) is 0 Å². The Labute approximate surface area is 252 Å². The minimum atomic E-state index is -1.21. The Hall–Kier alpha value is -4.19. The molecule has 1 aromatic heterocycles. The normalized spacial score (nSPS) is 21.1. The lowest BCUT2D eigenvalue weighted by Crippen LogP contribution is -2.59. The van der Waals surface area contributed by atoms with Crippen molar-refractivity contribution in [2.24, 2.45) is 5.92 Å². The Bertz CT molecular complexity index is 1370. The van der Waals surface area contributed by atoms with Gasteiger partial charge in [0.2, 0.25) is 5.91 Å². The molecule has 2 aromatic rings. The van der Waals surface area contributed by atoms with Crippen LogP contribution in [0.1, 0.15) is 56.7 Å². The van der Waals surface area contributed by atoms with Gasteiger partial charge in [0.05, 0.1) is 17.9 Å². The highest BCUT2D eigenvalue weighted by atomic mass is 16.4. The van der Waals surface area contributed by atoms with E-state index in [2.05, 4.69) is 32.5 Å². The monoisotopic (exact) mass is 591 g/mol. The SMILES string of the molecule is CC(C)C(=O)N1CC(c2ccc(N3CCN(C)CC3)cc2)N(C(=O)C(=O)Nc2cnc(NC(=O)O)c(C3CC3)c2)CC1C. The van der Waals surface area contributed by atoms with E-state index < -0.39 is 23.9 Å². The number of hydrogen-bond acceptors (Lipinski definition) is 7. The lowest BCUT2D eigenvalue weighted by Gasteiger charge is -2.45. The summed E-state index contributed by atoms with van der Waals surface area (Å²) >= 11 is 0. The topological polar surface area (TPSA) is 138 Å². The third-order valence-corrected chi connectivity index (χ3v) is 8.53. The zero-order chi connectivity index (χ0) is 30.8. The zero-order valence-electron chi connectivity index (χ0n) is 25.2. The Morgan fingerprint density at radius 2 is 1.63 bits per heavy atom. The van der Waals surface area contributed by atoms with Gasteiger partial charge >= 0.3 is 17.9 Å². The van der Waals surface area contributed by atoms with Crippen molar-refractivity contribution in [3.8, 4) is 0 Å². The van der Waals surface area contributed by atoms with Crippen LogP contribution < -0.4 is 15.5 Å². The van der Waals surface area contributed by atoms with Crippen LogP contribution in [-0.4, -0.2) is 101 Å². The van der Waals surface area contributed by atoms with Gasteiger partial charge in [-0.25, -0.2) is 9.78 Å². The number of carbonyl (C=O) groups is 4. The third kappa shape index (κ3) is 6.90. The summed E-state index contributed by atoms with van der Waals surface area (Å²) in [7, 11) is 2.12. The molecule has 0 bridgehead atoms. The molecule has 1 aliphatic carbocycles. The van der Waals surface area contributed by atoms with Crippen molar-refractivity contribution in [3.63, 3.8) is 0 Å². The molecule has 0 spiro atoms. The third-order valence-electron chi connectivity index (χ3n) is 8.53. The van der Waals surface area contributed by atoms with E-state index in [-0.39, 0.29) is 42.7 Å². The molecule has 0 radical (unpaired) electrons. The van der Waals surface area contributed by atoms with Gasteiger partial charge in [-0.15, -0.1) is 0 Å². The number of benzene rings is 1. The number of carbonyl (C=O) groups excluding carboxylic acids is 3. The first kappa shape index (κ1) is 30.3. The molecule has 3 N–H and O–H groups in total. The summed E-state index contributed by atoms with van der Waals surface area (Å²) in [4.78, 5) is 63.5. The highest BCUT2D eigenvalue weighted by Crippen LogP contribution is 2.43. The summed E-state index contributed by atoms with van der Waals surface area (Å²) in [5, 5.41) is 14.1. The Morgan fingerprint density at radius 3 is 2.23 bits per heavy atom. The summed E-state index contributed by atoms with van der Waals surface area (Å²) < 4.78 is 0. The fourth-order valence-corrected chi connectivity index (χ4v) is 5.87. The van der Waals surface area contributed by atoms with E-state index in [1.807, 2.05) is 49.9 Å². The first-order valence-corrected chi connectivity index (χ1v) is 15.0. The second kappa shape index (κ2) is 12.6. The summed E-state index contributed by atoms with van der Waals surface area (Å²) in [6.45, 7) is 9.96. The number of nitrogens with one attached hydrogen (secondary N) is 2. The maximum Gasteiger partial charge on any atom is 0.410 e. The number of aromatic nitrogens is 1. The van der Waals surface area contributed by atoms with Crippen molar-refractivity contribution in [1.82, 2.24) is 19.7 Å². The number of pyridine rings is 1. The quantitative estimate of drug-likeness (QED) is 0.436.